The molecule has 1 unspecified atom stereocenters. The lowest BCUT2D eigenvalue weighted by molar-refractivity contribution is 0.719. The van der Waals surface area contributed by atoms with Crippen molar-refractivity contribution in [2.75, 3.05) is 0 Å². The van der Waals surface area contributed by atoms with Gasteiger partial charge in [-0.3, -0.25) is 5.10 Å². The number of nitrogens with one attached hydrogen (secondary N) is 1. The molecule has 11 heavy (non-hydrogen) atoms. The van der Waals surface area contributed by atoms with Gasteiger partial charge in [0.1, 0.15) is 0 Å². The van der Waals surface area contributed by atoms with Gasteiger partial charge in [0.25, 0.3) is 0 Å². The second-order valence-electron chi connectivity index (χ2n) is 2.26. The maximum Gasteiger partial charge on any atom is 0.0490 e. The van der Waals surface area contributed by atoms with Crippen molar-refractivity contribution in [3.63, 3.8) is 0 Å². The van der Waals surface area contributed by atoms with E-state index in [1.54, 1.807) is 6.20 Å². The number of nitrogens with zero attached hydrogens (tertiary/aromatic N) is 1. The molecule has 1 aromatic heterocycles. The molecule has 0 spiro atoms. The molecular formula is C6H13Cl2N3. The Morgan fingerprint density at radius 1 is 1.64 bits per heavy atom. The zero-order valence-electron chi connectivity index (χ0n) is 6.28. The first-order valence-corrected chi connectivity index (χ1v) is 3.03. The van der Waals surface area contributed by atoms with Gasteiger partial charge in [0.05, 0.1) is 0 Å². The maximum absolute atomic E-state index is 5.54. The van der Waals surface area contributed by atoms with Crippen LogP contribution in [0, 0.1) is 0 Å². The first kappa shape index (κ1) is 13.3. The fraction of sp³-hybridized carbons (Fsp3) is 0.500. The molecule has 1 aromatic rings. The van der Waals surface area contributed by atoms with Gasteiger partial charge in [-0.15, -0.1) is 24.8 Å². The van der Waals surface area contributed by atoms with Gasteiger partial charge in [0.15, 0.2) is 0 Å². The smallest absolute Gasteiger partial charge is 0.0490 e. The van der Waals surface area contributed by atoms with Gasteiger partial charge >= 0.3 is 0 Å². The number of hydrogen-bond acceptors (Lipinski definition) is 2. The number of aromatic nitrogens is 2. The number of halogens is 2. The van der Waals surface area contributed by atoms with Crippen LogP contribution in [0.1, 0.15) is 12.6 Å². The normalized spacial score (nSPS) is 11.1. The summed E-state index contributed by atoms with van der Waals surface area (Å²) in [4.78, 5) is 0. The van der Waals surface area contributed by atoms with E-state index in [-0.39, 0.29) is 30.9 Å². The van der Waals surface area contributed by atoms with Crippen LogP contribution in [-0.4, -0.2) is 16.2 Å². The maximum atomic E-state index is 5.54. The monoisotopic (exact) mass is 197 g/mol. The lowest BCUT2D eigenvalue weighted by Gasteiger charge is -1.99. The third-order valence-electron chi connectivity index (χ3n) is 1.10. The van der Waals surface area contributed by atoms with Gasteiger partial charge in [0.2, 0.25) is 0 Å². The summed E-state index contributed by atoms with van der Waals surface area (Å²) in [6.45, 7) is 1.97. The van der Waals surface area contributed by atoms with Crippen molar-refractivity contribution in [3.8, 4) is 0 Å². The fourth-order valence-electron chi connectivity index (χ4n) is 0.745. The molecule has 0 bridgehead atoms. The van der Waals surface area contributed by atoms with Crippen molar-refractivity contribution in [2.45, 2.75) is 19.4 Å². The van der Waals surface area contributed by atoms with Gasteiger partial charge in [-0.2, -0.15) is 5.10 Å². The number of rotatable bonds is 2. The van der Waals surface area contributed by atoms with Gasteiger partial charge in [-0.1, -0.05) is 0 Å². The van der Waals surface area contributed by atoms with Crippen LogP contribution in [0.25, 0.3) is 0 Å². The van der Waals surface area contributed by atoms with Gasteiger partial charge in [-0.25, -0.2) is 0 Å². The lowest BCUT2D eigenvalue weighted by Crippen LogP contribution is -2.17. The average molecular weight is 198 g/mol. The largest absolute Gasteiger partial charge is 0.328 e. The molecule has 0 fully saturated rings. The number of hydrogen-bond donors (Lipinski definition) is 2. The van der Waals surface area contributed by atoms with Crippen molar-refractivity contribution >= 4 is 24.8 Å². The predicted octanol–water partition coefficient (Wildman–Crippen LogP) is 1.14. The summed E-state index contributed by atoms with van der Waals surface area (Å²) in [6.07, 6.45) is 2.61. The molecule has 0 saturated carbocycles. The zero-order chi connectivity index (χ0) is 6.69. The lowest BCUT2D eigenvalue weighted by atomic mass is 10.2. The van der Waals surface area contributed by atoms with E-state index in [1.807, 2.05) is 13.0 Å². The van der Waals surface area contributed by atoms with E-state index in [1.165, 1.54) is 0 Å². The summed E-state index contributed by atoms with van der Waals surface area (Å²) in [5, 5.41) is 6.63. The molecule has 3 N–H and O–H groups in total. The van der Waals surface area contributed by atoms with Crippen LogP contribution in [0.15, 0.2) is 12.3 Å². The van der Waals surface area contributed by atoms with Crippen molar-refractivity contribution in [1.29, 1.82) is 0 Å². The number of aromatic amines is 1. The molecule has 0 radical (unpaired) electrons. The predicted molar refractivity (Wildman–Crippen MR) is 50.4 cm³/mol. The first-order valence-electron chi connectivity index (χ1n) is 3.03. The molecule has 1 atom stereocenters. The average Bonchev–Trinajstić information content (AvgIpc) is 2.15. The Bertz CT molecular complexity index is 162. The summed E-state index contributed by atoms with van der Waals surface area (Å²) in [5.74, 6) is 0. The topological polar surface area (TPSA) is 54.7 Å². The molecule has 0 amide bonds. The Balaban J connectivity index is 0. The SMILES string of the molecule is CC(N)Cc1ccn[nH]1.Cl.Cl. The molecule has 0 saturated heterocycles. The Kier molecular flexibility index (Phi) is 7.84. The van der Waals surface area contributed by atoms with E-state index in [2.05, 4.69) is 10.2 Å². The van der Waals surface area contributed by atoms with E-state index in [9.17, 15) is 0 Å². The molecule has 5 heteroatoms. The van der Waals surface area contributed by atoms with E-state index in [0.717, 1.165) is 12.1 Å². The van der Waals surface area contributed by atoms with E-state index in [0.29, 0.717) is 0 Å². The van der Waals surface area contributed by atoms with E-state index < -0.39 is 0 Å². The molecule has 1 heterocycles. The highest BCUT2D eigenvalue weighted by Crippen LogP contribution is 1.94. The van der Waals surface area contributed by atoms with Crippen molar-refractivity contribution in [3.05, 3.63) is 18.0 Å². The molecule has 66 valence electrons. The highest BCUT2D eigenvalue weighted by atomic mass is 35.5. The molecule has 0 aliphatic carbocycles. The van der Waals surface area contributed by atoms with Crippen LogP contribution in [-0.2, 0) is 6.42 Å². The van der Waals surface area contributed by atoms with Gasteiger partial charge < -0.3 is 5.73 Å². The molecule has 0 aliphatic heterocycles. The Morgan fingerprint density at radius 2 is 2.27 bits per heavy atom. The Hall–Kier alpha value is -0.250. The molecule has 0 aromatic carbocycles. The number of H-pyrrole nitrogens is 1. The molecule has 0 aliphatic rings. The molecule has 1 rings (SSSR count). The number of nitrogens with two attached hydrogens (primary N) is 1. The summed E-state index contributed by atoms with van der Waals surface area (Å²) in [7, 11) is 0. The molecule has 3 nitrogen and oxygen atoms in total. The van der Waals surface area contributed by atoms with E-state index >= 15 is 0 Å². The van der Waals surface area contributed by atoms with Crippen LogP contribution >= 0.6 is 24.8 Å². The standard InChI is InChI=1S/C6H11N3.2ClH/c1-5(7)4-6-2-3-8-9-6;;/h2-3,5H,4,7H2,1H3,(H,8,9);2*1H. The quantitative estimate of drug-likeness (QED) is 0.748. The van der Waals surface area contributed by atoms with Crippen molar-refractivity contribution in [1.82, 2.24) is 10.2 Å². The summed E-state index contributed by atoms with van der Waals surface area (Å²) < 4.78 is 0. The van der Waals surface area contributed by atoms with Gasteiger partial charge in [0, 0.05) is 24.4 Å². The third kappa shape index (κ3) is 5.07. The molecular weight excluding hydrogens is 185 g/mol. The third-order valence-corrected chi connectivity index (χ3v) is 1.10. The second-order valence-corrected chi connectivity index (χ2v) is 2.26. The highest BCUT2D eigenvalue weighted by molar-refractivity contribution is 5.85. The van der Waals surface area contributed by atoms with E-state index in [4.69, 9.17) is 5.73 Å². The summed E-state index contributed by atoms with van der Waals surface area (Å²) >= 11 is 0. The first-order chi connectivity index (χ1) is 4.29. The van der Waals surface area contributed by atoms with Crippen molar-refractivity contribution < 1.29 is 0 Å². The minimum Gasteiger partial charge on any atom is -0.328 e. The second kappa shape index (κ2) is 6.46. The van der Waals surface area contributed by atoms with Crippen LogP contribution in [0.2, 0.25) is 0 Å². The van der Waals surface area contributed by atoms with Gasteiger partial charge in [-0.05, 0) is 13.0 Å². The van der Waals surface area contributed by atoms with Crippen LogP contribution in [0.4, 0.5) is 0 Å². The fourth-order valence-corrected chi connectivity index (χ4v) is 0.745. The van der Waals surface area contributed by atoms with Crippen LogP contribution < -0.4 is 5.73 Å². The Labute approximate surface area is 78.6 Å². The highest BCUT2D eigenvalue weighted by Gasteiger charge is 1.96. The minimum atomic E-state index is 0. The van der Waals surface area contributed by atoms with Crippen molar-refractivity contribution in [2.24, 2.45) is 5.73 Å². The minimum absolute atomic E-state index is 0. The summed E-state index contributed by atoms with van der Waals surface area (Å²) in [6, 6.07) is 2.15. The van der Waals surface area contributed by atoms with Crippen LogP contribution in [0.5, 0.6) is 0 Å². The zero-order valence-corrected chi connectivity index (χ0v) is 7.91. The van der Waals surface area contributed by atoms with Crippen LogP contribution in [0.3, 0.4) is 0 Å². The Morgan fingerprint density at radius 3 is 2.64 bits per heavy atom. The summed E-state index contributed by atoms with van der Waals surface area (Å²) in [5.41, 5.74) is 6.64.